The van der Waals surface area contributed by atoms with Crippen molar-refractivity contribution in [3.8, 4) is 0 Å². The normalized spacial score (nSPS) is 11.1. The van der Waals surface area contributed by atoms with Crippen molar-refractivity contribution in [3.05, 3.63) is 60.2 Å². The van der Waals surface area contributed by atoms with E-state index in [1.165, 1.54) is 5.56 Å². The average molecular weight is 290 g/mol. The minimum atomic E-state index is -3.28. The summed E-state index contributed by atoms with van der Waals surface area (Å²) in [6.45, 7) is 0.712. The van der Waals surface area contributed by atoms with E-state index in [1.54, 1.807) is 6.07 Å². The zero-order valence-electron chi connectivity index (χ0n) is 11.6. The minimum absolute atomic E-state index is 0.591. The molecule has 0 saturated heterocycles. The SMILES string of the molecule is CN(Cc1ccccc1)c1ccccc1NS(C)(=O)=O. The van der Waals surface area contributed by atoms with Crippen LogP contribution in [0.5, 0.6) is 0 Å². The van der Waals surface area contributed by atoms with E-state index in [1.807, 2.05) is 60.5 Å². The van der Waals surface area contributed by atoms with Gasteiger partial charge in [-0.25, -0.2) is 8.42 Å². The Labute approximate surface area is 120 Å². The molecule has 0 heterocycles. The largest absolute Gasteiger partial charge is 0.369 e. The van der Waals surface area contributed by atoms with Gasteiger partial charge in [-0.1, -0.05) is 42.5 Å². The Morgan fingerprint density at radius 2 is 1.60 bits per heavy atom. The summed E-state index contributed by atoms with van der Waals surface area (Å²) in [5.74, 6) is 0. The van der Waals surface area contributed by atoms with Gasteiger partial charge in [0.15, 0.2) is 0 Å². The summed E-state index contributed by atoms with van der Waals surface area (Å²) in [7, 11) is -1.34. The van der Waals surface area contributed by atoms with Gasteiger partial charge in [0, 0.05) is 13.6 Å². The van der Waals surface area contributed by atoms with Crippen molar-refractivity contribution in [1.29, 1.82) is 0 Å². The van der Waals surface area contributed by atoms with Crippen LogP contribution in [-0.2, 0) is 16.6 Å². The third kappa shape index (κ3) is 3.99. The van der Waals surface area contributed by atoms with Crippen molar-refractivity contribution >= 4 is 21.4 Å². The molecule has 0 radical (unpaired) electrons. The monoisotopic (exact) mass is 290 g/mol. The summed E-state index contributed by atoms with van der Waals surface area (Å²) >= 11 is 0. The molecule has 0 bridgehead atoms. The Morgan fingerprint density at radius 3 is 2.25 bits per heavy atom. The number of rotatable bonds is 5. The molecule has 0 amide bonds. The van der Waals surface area contributed by atoms with Gasteiger partial charge in [-0.2, -0.15) is 0 Å². The number of hydrogen-bond acceptors (Lipinski definition) is 3. The first-order chi connectivity index (χ1) is 9.46. The fraction of sp³-hybridized carbons (Fsp3) is 0.200. The summed E-state index contributed by atoms with van der Waals surface area (Å²) < 4.78 is 25.4. The summed E-state index contributed by atoms with van der Waals surface area (Å²) in [5.41, 5.74) is 2.61. The lowest BCUT2D eigenvalue weighted by molar-refractivity contribution is 0.607. The van der Waals surface area contributed by atoms with Crippen LogP contribution in [0.2, 0.25) is 0 Å². The molecule has 0 aliphatic rings. The number of nitrogens with zero attached hydrogens (tertiary/aromatic N) is 1. The number of nitrogens with one attached hydrogen (secondary N) is 1. The van der Waals surface area contributed by atoms with E-state index < -0.39 is 10.0 Å². The molecule has 2 aromatic carbocycles. The second kappa shape index (κ2) is 5.96. The van der Waals surface area contributed by atoms with Crippen LogP contribution in [0.1, 0.15) is 5.56 Å². The molecule has 5 heteroatoms. The standard InChI is InChI=1S/C15H18N2O2S/c1-17(12-13-8-4-3-5-9-13)15-11-7-6-10-14(15)16-20(2,18)19/h3-11,16H,12H2,1-2H3. The van der Waals surface area contributed by atoms with E-state index in [9.17, 15) is 8.42 Å². The molecule has 0 fully saturated rings. The molecule has 4 nitrogen and oxygen atoms in total. The second-order valence-corrected chi connectivity index (χ2v) is 6.48. The van der Waals surface area contributed by atoms with Gasteiger partial charge < -0.3 is 4.90 Å². The smallest absolute Gasteiger partial charge is 0.229 e. The first-order valence-corrected chi connectivity index (χ1v) is 8.17. The molecule has 0 aromatic heterocycles. The van der Waals surface area contributed by atoms with E-state index in [-0.39, 0.29) is 0 Å². The fourth-order valence-corrected chi connectivity index (χ4v) is 2.61. The molecule has 1 N–H and O–H groups in total. The van der Waals surface area contributed by atoms with Crippen LogP contribution in [0.3, 0.4) is 0 Å². The Balaban J connectivity index is 2.24. The summed E-state index contributed by atoms with van der Waals surface area (Å²) in [5, 5.41) is 0. The van der Waals surface area contributed by atoms with Crippen LogP contribution >= 0.6 is 0 Å². The molecule has 0 aliphatic carbocycles. The van der Waals surface area contributed by atoms with E-state index >= 15 is 0 Å². The van der Waals surface area contributed by atoms with Gasteiger partial charge >= 0.3 is 0 Å². The van der Waals surface area contributed by atoms with E-state index in [4.69, 9.17) is 0 Å². The maximum absolute atomic E-state index is 11.4. The number of para-hydroxylation sites is 2. The molecule has 2 aromatic rings. The molecule has 0 saturated carbocycles. The van der Waals surface area contributed by atoms with Crippen molar-refractivity contribution in [2.75, 3.05) is 22.9 Å². The van der Waals surface area contributed by atoms with Crippen molar-refractivity contribution in [2.24, 2.45) is 0 Å². The van der Waals surface area contributed by atoms with Crippen molar-refractivity contribution in [3.63, 3.8) is 0 Å². The molecular weight excluding hydrogens is 272 g/mol. The van der Waals surface area contributed by atoms with Crippen LogP contribution in [0.25, 0.3) is 0 Å². The fourth-order valence-electron chi connectivity index (χ4n) is 2.03. The summed E-state index contributed by atoms with van der Waals surface area (Å²) in [6, 6.07) is 17.4. The van der Waals surface area contributed by atoms with Gasteiger partial charge in [-0.15, -0.1) is 0 Å². The first kappa shape index (κ1) is 14.4. The molecule has 0 unspecified atom stereocenters. The van der Waals surface area contributed by atoms with Gasteiger partial charge in [0.05, 0.1) is 17.6 Å². The third-order valence-electron chi connectivity index (χ3n) is 2.87. The number of sulfonamides is 1. The first-order valence-electron chi connectivity index (χ1n) is 6.27. The van der Waals surface area contributed by atoms with Gasteiger partial charge in [-0.3, -0.25) is 4.72 Å². The quantitative estimate of drug-likeness (QED) is 0.921. The zero-order chi connectivity index (χ0) is 14.6. The predicted molar refractivity (Wildman–Crippen MR) is 83.5 cm³/mol. The molecule has 0 atom stereocenters. The van der Waals surface area contributed by atoms with Crippen LogP contribution in [0.15, 0.2) is 54.6 Å². The lowest BCUT2D eigenvalue weighted by Gasteiger charge is -2.22. The summed E-state index contributed by atoms with van der Waals surface area (Å²) in [4.78, 5) is 2.02. The van der Waals surface area contributed by atoms with E-state index in [0.29, 0.717) is 12.2 Å². The lowest BCUT2D eigenvalue weighted by atomic mass is 10.2. The summed E-state index contributed by atoms with van der Waals surface area (Å²) in [6.07, 6.45) is 1.15. The van der Waals surface area contributed by atoms with Gasteiger partial charge in [0.1, 0.15) is 0 Å². The van der Waals surface area contributed by atoms with Crippen LogP contribution in [0.4, 0.5) is 11.4 Å². The number of benzene rings is 2. The van der Waals surface area contributed by atoms with Gasteiger partial charge in [0.25, 0.3) is 0 Å². The molecule has 106 valence electrons. The average Bonchev–Trinajstić information content (AvgIpc) is 2.38. The van der Waals surface area contributed by atoms with Crippen molar-refractivity contribution in [1.82, 2.24) is 0 Å². The predicted octanol–water partition coefficient (Wildman–Crippen LogP) is 2.69. The number of hydrogen-bond donors (Lipinski definition) is 1. The Kier molecular flexibility index (Phi) is 4.29. The topological polar surface area (TPSA) is 49.4 Å². The third-order valence-corrected chi connectivity index (χ3v) is 3.46. The molecular formula is C15H18N2O2S. The maximum Gasteiger partial charge on any atom is 0.229 e. The van der Waals surface area contributed by atoms with Crippen molar-refractivity contribution in [2.45, 2.75) is 6.54 Å². The lowest BCUT2D eigenvalue weighted by Crippen LogP contribution is -2.19. The highest BCUT2D eigenvalue weighted by Gasteiger charge is 2.10. The molecule has 2 rings (SSSR count). The highest BCUT2D eigenvalue weighted by atomic mass is 32.2. The molecule has 0 spiro atoms. The van der Waals surface area contributed by atoms with Crippen LogP contribution in [-0.4, -0.2) is 21.7 Å². The molecule has 20 heavy (non-hydrogen) atoms. The van der Waals surface area contributed by atoms with Crippen LogP contribution in [0, 0.1) is 0 Å². The van der Waals surface area contributed by atoms with Gasteiger partial charge in [0.2, 0.25) is 10.0 Å². The Bertz CT molecular complexity index is 669. The highest BCUT2D eigenvalue weighted by molar-refractivity contribution is 7.92. The van der Waals surface area contributed by atoms with E-state index in [0.717, 1.165) is 11.9 Å². The Morgan fingerprint density at radius 1 is 1.00 bits per heavy atom. The number of anilines is 2. The second-order valence-electron chi connectivity index (χ2n) is 4.73. The highest BCUT2D eigenvalue weighted by Crippen LogP contribution is 2.26. The van der Waals surface area contributed by atoms with Crippen LogP contribution < -0.4 is 9.62 Å². The van der Waals surface area contributed by atoms with E-state index in [2.05, 4.69) is 4.72 Å². The van der Waals surface area contributed by atoms with Crippen molar-refractivity contribution < 1.29 is 8.42 Å². The minimum Gasteiger partial charge on any atom is -0.369 e. The zero-order valence-corrected chi connectivity index (χ0v) is 12.4. The molecule has 0 aliphatic heterocycles. The maximum atomic E-state index is 11.4. The Hall–Kier alpha value is -2.01. The van der Waals surface area contributed by atoms with Gasteiger partial charge in [-0.05, 0) is 17.7 Å².